The lowest BCUT2D eigenvalue weighted by Gasteiger charge is -2.13. The molecule has 3 nitrogen and oxygen atoms in total. The molecule has 0 N–H and O–H groups in total. The van der Waals surface area contributed by atoms with Gasteiger partial charge in [0.15, 0.2) is 0 Å². The predicted molar refractivity (Wildman–Crippen MR) is 62.0 cm³/mol. The number of rotatable bonds is 3. The van der Waals surface area contributed by atoms with E-state index in [0.717, 1.165) is 0 Å². The van der Waals surface area contributed by atoms with E-state index in [-0.39, 0.29) is 23.6 Å². The van der Waals surface area contributed by atoms with Gasteiger partial charge in [-0.2, -0.15) is 0 Å². The minimum absolute atomic E-state index is 0.131. The van der Waals surface area contributed by atoms with Crippen LogP contribution in [0.4, 0.5) is 4.39 Å². The maximum Gasteiger partial charge on any atom is 0.249 e. The monoisotopic (exact) mass is 257 g/mol. The summed E-state index contributed by atoms with van der Waals surface area (Å²) < 4.78 is 13.6. The molecule has 2 unspecified atom stereocenters. The Morgan fingerprint density at radius 3 is 2.88 bits per heavy atom. The van der Waals surface area contributed by atoms with Crippen molar-refractivity contribution in [3.05, 3.63) is 34.6 Å². The van der Waals surface area contributed by atoms with Crippen LogP contribution in [0.5, 0.6) is 0 Å². The number of carbonyl (C=O) groups excluding carboxylic acids is 1. The minimum Gasteiger partial charge on any atom is -0.275 e. The number of nitrogens with zero attached hydrogens (tertiary/aromatic N) is 1. The molecule has 2 rings (SSSR count). The quantitative estimate of drug-likeness (QED) is 0.779. The Bertz CT molecular complexity index is 432. The lowest BCUT2D eigenvalue weighted by atomic mass is 10.1. The summed E-state index contributed by atoms with van der Waals surface area (Å²) in [6.07, 6.45) is 0.618. The van der Waals surface area contributed by atoms with E-state index in [0.29, 0.717) is 17.0 Å². The molecule has 1 saturated carbocycles. The van der Waals surface area contributed by atoms with Crippen LogP contribution in [-0.2, 0) is 9.63 Å². The third kappa shape index (κ3) is 2.28. The first kappa shape index (κ1) is 12.3. The van der Waals surface area contributed by atoms with E-state index in [1.54, 1.807) is 19.2 Å². The van der Waals surface area contributed by atoms with Crippen molar-refractivity contribution in [2.24, 2.45) is 5.92 Å². The lowest BCUT2D eigenvalue weighted by molar-refractivity contribution is -0.170. The highest BCUT2D eigenvalue weighted by atomic mass is 35.5. The SMILES string of the molecule is CON(C)C(=O)C1CC1c1c(F)cccc1Cl. The molecule has 1 amide bonds. The number of amides is 1. The number of hydroxylamine groups is 2. The van der Waals surface area contributed by atoms with Crippen molar-refractivity contribution >= 4 is 17.5 Å². The maximum absolute atomic E-state index is 13.6. The van der Waals surface area contributed by atoms with Crippen LogP contribution in [0.25, 0.3) is 0 Å². The lowest BCUT2D eigenvalue weighted by Crippen LogP contribution is -2.27. The van der Waals surface area contributed by atoms with Gasteiger partial charge in [0.05, 0.1) is 7.11 Å². The van der Waals surface area contributed by atoms with E-state index < -0.39 is 0 Å². The van der Waals surface area contributed by atoms with Crippen LogP contribution in [0.15, 0.2) is 18.2 Å². The van der Waals surface area contributed by atoms with Crippen LogP contribution in [0, 0.1) is 11.7 Å². The fourth-order valence-electron chi connectivity index (χ4n) is 1.98. The van der Waals surface area contributed by atoms with Gasteiger partial charge in [0.25, 0.3) is 0 Å². The average Bonchev–Trinajstić information content (AvgIpc) is 3.07. The van der Waals surface area contributed by atoms with Gasteiger partial charge in [-0.25, -0.2) is 9.45 Å². The molecule has 92 valence electrons. The molecule has 0 aromatic heterocycles. The summed E-state index contributed by atoms with van der Waals surface area (Å²) in [4.78, 5) is 16.6. The summed E-state index contributed by atoms with van der Waals surface area (Å²) in [7, 11) is 2.96. The minimum atomic E-state index is -0.349. The van der Waals surface area contributed by atoms with Gasteiger partial charge in [0, 0.05) is 29.5 Å². The molecular formula is C12H13ClFNO2. The van der Waals surface area contributed by atoms with Crippen molar-refractivity contribution in [1.82, 2.24) is 5.06 Å². The molecule has 0 aliphatic heterocycles. The zero-order valence-electron chi connectivity index (χ0n) is 9.61. The maximum atomic E-state index is 13.6. The highest BCUT2D eigenvalue weighted by Gasteiger charge is 2.47. The van der Waals surface area contributed by atoms with E-state index in [9.17, 15) is 9.18 Å². The number of hydrogen-bond acceptors (Lipinski definition) is 2. The van der Waals surface area contributed by atoms with Gasteiger partial charge < -0.3 is 0 Å². The Labute approximate surface area is 104 Å². The smallest absolute Gasteiger partial charge is 0.249 e. The van der Waals surface area contributed by atoms with Crippen molar-refractivity contribution in [2.45, 2.75) is 12.3 Å². The topological polar surface area (TPSA) is 29.5 Å². The summed E-state index contributed by atoms with van der Waals surface area (Å²) in [6.45, 7) is 0. The Morgan fingerprint density at radius 1 is 1.59 bits per heavy atom. The molecular weight excluding hydrogens is 245 g/mol. The summed E-state index contributed by atoms with van der Waals surface area (Å²) in [5, 5.41) is 1.55. The largest absolute Gasteiger partial charge is 0.275 e. The zero-order chi connectivity index (χ0) is 12.6. The normalized spacial score (nSPS) is 22.4. The van der Waals surface area contributed by atoms with E-state index in [4.69, 9.17) is 16.4 Å². The molecule has 17 heavy (non-hydrogen) atoms. The molecule has 1 aromatic rings. The molecule has 1 fully saturated rings. The zero-order valence-corrected chi connectivity index (χ0v) is 10.4. The fraction of sp³-hybridized carbons (Fsp3) is 0.417. The Morgan fingerprint density at radius 2 is 2.29 bits per heavy atom. The average molecular weight is 258 g/mol. The van der Waals surface area contributed by atoms with Crippen molar-refractivity contribution in [3.8, 4) is 0 Å². The Hall–Kier alpha value is -1.13. The van der Waals surface area contributed by atoms with E-state index in [2.05, 4.69) is 0 Å². The first-order valence-electron chi connectivity index (χ1n) is 5.31. The summed E-state index contributed by atoms with van der Waals surface area (Å²) >= 11 is 5.95. The van der Waals surface area contributed by atoms with Crippen molar-refractivity contribution in [2.75, 3.05) is 14.2 Å². The van der Waals surface area contributed by atoms with Crippen molar-refractivity contribution in [3.63, 3.8) is 0 Å². The van der Waals surface area contributed by atoms with Gasteiger partial charge in [-0.1, -0.05) is 17.7 Å². The summed E-state index contributed by atoms with van der Waals surface area (Å²) in [5.41, 5.74) is 0.442. The van der Waals surface area contributed by atoms with Crippen molar-refractivity contribution < 1.29 is 14.0 Å². The Kier molecular flexibility index (Phi) is 3.35. The molecule has 1 aliphatic carbocycles. The first-order valence-corrected chi connectivity index (χ1v) is 5.69. The number of benzene rings is 1. The summed E-state index contributed by atoms with van der Waals surface area (Å²) in [5.74, 6) is -0.849. The third-order valence-electron chi connectivity index (χ3n) is 3.06. The van der Waals surface area contributed by atoms with E-state index >= 15 is 0 Å². The highest BCUT2D eigenvalue weighted by Crippen LogP contribution is 2.51. The molecule has 0 radical (unpaired) electrons. The molecule has 0 spiro atoms. The standard InChI is InChI=1S/C12H13ClFNO2/c1-15(17-2)12(16)8-6-7(8)11-9(13)4-3-5-10(11)14/h3-5,7-8H,6H2,1-2H3. The Balaban J connectivity index is 2.16. The number of carbonyl (C=O) groups is 1. The van der Waals surface area contributed by atoms with Crippen LogP contribution in [0.3, 0.4) is 0 Å². The predicted octanol–water partition coefficient (Wildman–Crippen LogP) is 2.60. The number of halogens is 2. The highest BCUT2D eigenvalue weighted by molar-refractivity contribution is 6.31. The van der Waals surface area contributed by atoms with Crippen LogP contribution in [-0.4, -0.2) is 25.1 Å². The van der Waals surface area contributed by atoms with Crippen LogP contribution in [0.1, 0.15) is 17.9 Å². The molecule has 0 bridgehead atoms. The van der Waals surface area contributed by atoms with Gasteiger partial charge in [-0.3, -0.25) is 9.63 Å². The molecule has 1 aromatic carbocycles. The number of hydrogen-bond donors (Lipinski definition) is 0. The van der Waals surface area contributed by atoms with Crippen molar-refractivity contribution in [1.29, 1.82) is 0 Å². The molecule has 5 heteroatoms. The fourth-order valence-corrected chi connectivity index (χ4v) is 2.28. The first-order chi connectivity index (χ1) is 8.06. The molecule has 2 atom stereocenters. The van der Waals surface area contributed by atoms with E-state index in [1.807, 2.05) is 0 Å². The van der Waals surface area contributed by atoms with Gasteiger partial charge in [0.2, 0.25) is 5.91 Å². The van der Waals surface area contributed by atoms with Gasteiger partial charge in [-0.15, -0.1) is 0 Å². The van der Waals surface area contributed by atoms with E-state index in [1.165, 1.54) is 18.2 Å². The molecule has 0 heterocycles. The van der Waals surface area contributed by atoms with Crippen LogP contribution >= 0.6 is 11.6 Å². The van der Waals surface area contributed by atoms with Gasteiger partial charge in [0.1, 0.15) is 5.82 Å². The third-order valence-corrected chi connectivity index (χ3v) is 3.39. The molecule has 1 aliphatic rings. The summed E-state index contributed by atoms with van der Waals surface area (Å²) in [6, 6.07) is 4.56. The van der Waals surface area contributed by atoms with Gasteiger partial charge >= 0.3 is 0 Å². The second kappa shape index (κ2) is 4.63. The molecule has 0 saturated heterocycles. The second-order valence-corrected chi connectivity index (χ2v) is 4.51. The van der Waals surface area contributed by atoms with Crippen LogP contribution < -0.4 is 0 Å². The second-order valence-electron chi connectivity index (χ2n) is 4.10. The van der Waals surface area contributed by atoms with Gasteiger partial charge in [-0.05, 0) is 18.6 Å². The van der Waals surface area contributed by atoms with Crippen LogP contribution in [0.2, 0.25) is 5.02 Å².